The summed E-state index contributed by atoms with van der Waals surface area (Å²) in [6.45, 7) is 1.51. The number of hydrogen-bond donors (Lipinski definition) is 1. The van der Waals surface area contributed by atoms with Crippen LogP contribution in [0.4, 0.5) is 5.69 Å². The third kappa shape index (κ3) is 5.84. The summed E-state index contributed by atoms with van der Waals surface area (Å²) in [5, 5.41) is 0.428. The highest BCUT2D eigenvalue weighted by Gasteiger charge is 2.39. The zero-order chi connectivity index (χ0) is 29.4. The molecule has 1 N–H and O–H groups in total. The molecule has 11 heteroatoms. The second-order valence-corrected chi connectivity index (χ2v) is 13.1. The number of likely N-dealkylation sites (N-methyl/N-ethyl adjacent to an activating group) is 1. The molecule has 3 aliphatic heterocycles. The molecule has 3 aromatic rings. The average Bonchev–Trinajstić information content (AvgIpc) is 2.99. The van der Waals surface area contributed by atoms with Gasteiger partial charge in [0.05, 0.1) is 29.0 Å². The fourth-order valence-corrected chi connectivity index (χ4v) is 7.13. The Morgan fingerprint density at radius 2 is 1.81 bits per heavy atom. The number of rotatable bonds is 5. The van der Waals surface area contributed by atoms with E-state index in [1.807, 2.05) is 17.0 Å². The summed E-state index contributed by atoms with van der Waals surface area (Å²) in [4.78, 5) is 30.3. The van der Waals surface area contributed by atoms with Crippen molar-refractivity contribution in [3.63, 3.8) is 0 Å². The van der Waals surface area contributed by atoms with Gasteiger partial charge in [0.1, 0.15) is 18.5 Å². The van der Waals surface area contributed by atoms with Gasteiger partial charge >= 0.3 is 0 Å². The summed E-state index contributed by atoms with van der Waals surface area (Å²) in [5.41, 5.74) is 2.99. The number of nitrogens with zero attached hydrogens (tertiary/aromatic N) is 2. The summed E-state index contributed by atoms with van der Waals surface area (Å²) in [5.74, 6) is 0.119. The maximum Gasteiger partial charge on any atom is 0.261 e. The lowest BCUT2D eigenvalue weighted by atomic mass is 9.94. The smallest absolute Gasteiger partial charge is 0.261 e. The number of benzene rings is 3. The number of carbonyl (C=O) groups is 2. The third-order valence-corrected chi connectivity index (χ3v) is 9.92. The molecule has 1 saturated heterocycles. The van der Waals surface area contributed by atoms with Crippen molar-refractivity contribution >= 4 is 39.1 Å². The number of amides is 2. The van der Waals surface area contributed by atoms with Gasteiger partial charge in [-0.15, -0.1) is 0 Å². The van der Waals surface area contributed by atoms with Crippen molar-refractivity contribution < 1.29 is 27.5 Å². The Bertz CT molecular complexity index is 1610. The molecule has 6 rings (SSSR count). The quantitative estimate of drug-likeness (QED) is 0.457. The average molecular weight is 610 g/mol. The molecule has 0 aliphatic carbocycles. The topological polar surface area (TPSA) is 105 Å². The van der Waals surface area contributed by atoms with Crippen LogP contribution in [-0.2, 0) is 32.5 Å². The van der Waals surface area contributed by atoms with E-state index in [9.17, 15) is 18.0 Å². The van der Waals surface area contributed by atoms with Gasteiger partial charge in [-0.05, 0) is 72.9 Å². The van der Waals surface area contributed by atoms with Crippen molar-refractivity contribution in [3.05, 3.63) is 88.4 Å². The molecule has 3 heterocycles. The molecule has 220 valence electrons. The summed E-state index contributed by atoms with van der Waals surface area (Å²) < 4.78 is 40.7. The van der Waals surface area contributed by atoms with Gasteiger partial charge in [0.2, 0.25) is 5.91 Å². The summed E-state index contributed by atoms with van der Waals surface area (Å²) >= 11 is 5.89. The van der Waals surface area contributed by atoms with E-state index in [0.717, 1.165) is 6.42 Å². The molecular formula is C31H32ClN3O6S. The lowest BCUT2D eigenvalue weighted by molar-refractivity contribution is -0.143. The standard InChI is InChI=1S/C31H32ClN3O6S/c1-34-27-12-9-24(17-30(36)35-15-14-20-4-2-3-5-21(20)18-35)41-29(27)19-40-28-13-8-23(16-26(28)31(34)37)33-42(38,39)25-10-6-22(32)7-11-25/h2-8,10-11,13,16,24,27,29,33H,9,12,14-15,17-19H2,1H3/t24-,27-,29-/m0/s1. The van der Waals surface area contributed by atoms with Gasteiger partial charge in [0.25, 0.3) is 15.9 Å². The largest absolute Gasteiger partial charge is 0.490 e. The third-order valence-electron chi connectivity index (χ3n) is 8.27. The second-order valence-electron chi connectivity index (χ2n) is 11.0. The van der Waals surface area contributed by atoms with E-state index in [-0.39, 0.29) is 53.1 Å². The van der Waals surface area contributed by atoms with Gasteiger partial charge in [-0.3, -0.25) is 14.3 Å². The van der Waals surface area contributed by atoms with Crippen LogP contribution in [0.3, 0.4) is 0 Å². The predicted octanol–water partition coefficient (Wildman–Crippen LogP) is 4.50. The minimum atomic E-state index is -3.89. The van der Waals surface area contributed by atoms with Crippen LogP contribution < -0.4 is 9.46 Å². The zero-order valence-corrected chi connectivity index (χ0v) is 24.7. The van der Waals surface area contributed by atoms with Crippen molar-refractivity contribution in [2.45, 2.75) is 55.4 Å². The molecule has 3 aromatic carbocycles. The minimum Gasteiger partial charge on any atom is -0.490 e. The van der Waals surface area contributed by atoms with Crippen molar-refractivity contribution in [1.29, 1.82) is 0 Å². The number of sulfonamides is 1. The van der Waals surface area contributed by atoms with E-state index in [2.05, 4.69) is 16.9 Å². The van der Waals surface area contributed by atoms with Crippen LogP contribution in [0.1, 0.15) is 40.7 Å². The SMILES string of the molecule is CN1C(=O)c2cc(NS(=O)(=O)c3ccc(Cl)cc3)ccc2OC[C@@H]2O[C@H](CC(=O)N3CCc4ccccc4C3)CC[C@@H]21. The molecule has 9 nitrogen and oxygen atoms in total. The van der Waals surface area contributed by atoms with E-state index >= 15 is 0 Å². The normalized spacial score (nSPS) is 22.1. The Balaban J connectivity index is 1.13. The first-order valence-electron chi connectivity index (χ1n) is 14.0. The number of ether oxygens (including phenoxy) is 2. The van der Waals surface area contributed by atoms with Gasteiger partial charge in [-0.25, -0.2) is 8.42 Å². The molecule has 0 aromatic heterocycles. The van der Waals surface area contributed by atoms with Gasteiger partial charge in [-0.1, -0.05) is 35.9 Å². The van der Waals surface area contributed by atoms with Crippen LogP contribution in [0.15, 0.2) is 71.6 Å². The van der Waals surface area contributed by atoms with Gasteiger partial charge in [0, 0.05) is 30.8 Å². The molecule has 42 heavy (non-hydrogen) atoms. The molecular weight excluding hydrogens is 578 g/mol. The van der Waals surface area contributed by atoms with Crippen LogP contribution in [0.2, 0.25) is 5.02 Å². The number of nitrogens with one attached hydrogen (secondary N) is 1. The molecule has 0 saturated carbocycles. The summed E-state index contributed by atoms with van der Waals surface area (Å²) in [7, 11) is -2.17. The van der Waals surface area contributed by atoms with E-state index in [4.69, 9.17) is 21.1 Å². The molecule has 0 radical (unpaired) electrons. The maximum atomic E-state index is 13.6. The maximum absolute atomic E-state index is 13.6. The summed E-state index contributed by atoms with van der Waals surface area (Å²) in [6, 6.07) is 18.4. The molecule has 0 spiro atoms. The highest BCUT2D eigenvalue weighted by atomic mass is 35.5. The van der Waals surface area contributed by atoms with E-state index in [1.54, 1.807) is 24.1 Å². The summed E-state index contributed by atoms with van der Waals surface area (Å²) in [6.07, 6.45) is 1.78. The van der Waals surface area contributed by atoms with E-state index < -0.39 is 16.1 Å². The van der Waals surface area contributed by atoms with E-state index in [1.165, 1.54) is 41.5 Å². The lowest BCUT2D eigenvalue weighted by Crippen LogP contribution is -2.54. The number of hydrogen-bond acceptors (Lipinski definition) is 6. The first kappa shape index (κ1) is 28.5. The first-order valence-corrected chi connectivity index (χ1v) is 15.9. The molecule has 0 unspecified atom stereocenters. The van der Waals surface area contributed by atoms with Crippen molar-refractivity contribution in [2.24, 2.45) is 0 Å². The molecule has 1 fully saturated rings. The Kier molecular flexibility index (Phi) is 7.87. The Morgan fingerprint density at radius 3 is 2.60 bits per heavy atom. The van der Waals surface area contributed by atoms with Crippen molar-refractivity contribution in [1.82, 2.24) is 9.80 Å². The van der Waals surface area contributed by atoms with Crippen LogP contribution in [0.5, 0.6) is 5.75 Å². The Morgan fingerprint density at radius 1 is 1.05 bits per heavy atom. The van der Waals surface area contributed by atoms with Gasteiger partial charge in [-0.2, -0.15) is 0 Å². The number of carbonyl (C=O) groups excluding carboxylic acids is 2. The lowest BCUT2D eigenvalue weighted by Gasteiger charge is -2.42. The fourth-order valence-electron chi connectivity index (χ4n) is 5.95. The number of anilines is 1. The van der Waals surface area contributed by atoms with E-state index in [0.29, 0.717) is 36.7 Å². The molecule has 3 atom stereocenters. The predicted molar refractivity (Wildman–Crippen MR) is 158 cm³/mol. The second kappa shape index (κ2) is 11.6. The highest BCUT2D eigenvalue weighted by molar-refractivity contribution is 7.92. The van der Waals surface area contributed by atoms with Crippen LogP contribution >= 0.6 is 11.6 Å². The molecule has 3 aliphatic rings. The molecule has 2 amide bonds. The monoisotopic (exact) mass is 609 g/mol. The Labute approximate surface area is 250 Å². The van der Waals surface area contributed by atoms with Crippen LogP contribution in [0.25, 0.3) is 0 Å². The van der Waals surface area contributed by atoms with Crippen LogP contribution in [-0.4, -0.2) is 68.5 Å². The zero-order valence-electron chi connectivity index (χ0n) is 23.2. The van der Waals surface area contributed by atoms with Gasteiger partial charge in [0.15, 0.2) is 0 Å². The molecule has 0 bridgehead atoms. The fraction of sp³-hybridized carbons (Fsp3) is 0.355. The van der Waals surface area contributed by atoms with Crippen molar-refractivity contribution in [3.8, 4) is 5.75 Å². The van der Waals surface area contributed by atoms with Gasteiger partial charge < -0.3 is 19.3 Å². The van der Waals surface area contributed by atoms with Crippen LogP contribution in [0, 0.1) is 0 Å². The Hall–Kier alpha value is -3.60. The minimum absolute atomic E-state index is 0.0543. The van der Waals surface area contributed by atoms with Crippen molar-refractivity contribution in [2.75, 3.05) is 24.9 Å². The number of fused-ring (bicyclic) bond motifs is 3. The number of halogens is 1. The highest BCUT2D eigenvalue weighted by Crippen LogP contribution is 2.33. The first-order chi connectivity index (χ1) is 20.2.